The Balaban J connectivity index is 1.43. The molecule has 1 N–H and O–H groups in total. The molecule has 0 saturated carbocycles. The van der Waals surface area contributed by atoms with Crippen LogP contribution in [0.25, 0.3) is 0 Å². The lowest BCUT2D eigenvalue weighted by Crippen LogP contribution is -2.45. The molecule has 4 rings (SSSR count). The lowest BCUT2D eigenvalue weighted by molar-refractivity contribution is -0.118. The molecule has 2 amide bonds. The van der Waals surface area contributed by atoms with Crippen LogP contribution in [0.3, 0.4) is 0 Å². The van der Waals surface area contributed by atoms with Crippen LogP contribution in [0.1, 0.15) is 31.0 Å². The van der Waals surface area contributed by atoms with Crippen molar-refractivity contribution < 1.29 is 14.3 Å². The smallest absolute Gasteiger partial charge is 0.415 e. The molecule has 30 heavy (non-hydrogen) atoms. The minimum absolute atomic E-state index is 0.00497. The number of nitrogens with one attached hydrogen (secondary N) is 1. The number of carbonyl (C=O) groups is 2. The first-order valence-electron chi connectivity index (χ1n) is 10.2. The number of benzene rings is 1. The molecule has 0 radical (unpaired) electrons. The summed E-state index contributed by atoms with van der Waals surface area (Å²) in [6.45, 7) is 7.80. The summed E-state index contributed by atoms with van der Waals surface area (Å²) in [6, 6.07) is 8.38. The molecule has 9 nitrogen and oxygen atoms in total. The van der Waals surface area contributed by atoms with E-state index in [0.717, 1.165) is 49.4 Å². The highest BCUT2D eigenvalue weighted by atomic mass is 16.6. The van der Waals surface area contributed by atoms with Crippen LogP contribution >= 0.6 is 0 Å². The summed E-state index contributed by atoms with van der Waals surface area (Å²) < 4.78 is 5.13. The molecule has 0 aliphatic carbocycles. The van der Waals surface area contributed by atoms with Crippen molar-refractivity contribution >= 4 is 30.0 Å². The van der Waals surface area contributed by atoms with E-state index in [-0.39, 0.29) is 18.7 Å². The van der Waals surface area contributed by atoms with Gasteiger partial charge < -0.3 is 19.9 Å². The summed E-state index contributed by atoms with van der Waals surface area (Å²) in [6.07, 6.45) is 2.24. The molecule has 9 heteroatoms. The Morgan fingerprint density at radius 3 is 2.60 bits per heavy atom. The average molecular weight is 410 g/mol. The van der Waals surface area contributed by atoms with Crippen LogP contribution in [0.15, 0.2) is 30.5 Å². The Morgan fingerprint density at radius 2 is 1.93 bits per heavy atom. The molecule has 2 aromatic rings. The number of hydrogen-bond donors (Lipinski definition) is 1. The zero-order chi connectivity index (χ0) is 21.1. The van der Waals surface area contributed by atoms with Crippen LogP contribution in [0.2, 0.25) is 0 Å². The number of hydrogen-bond acceptors (Lipinski definition) is 7. The van der Waals surface area contributed by atoms with E-state index >= 15 is 0 Å². The fraction of sp³-hybridized carbons (Fsp3) is 0.429. The van der Waals surface area contributed by atoms with Crippen LogP contribution in [0.4, 0.5) is 22.2 Å². The third-order valence-corrected chi connectivity index (χ3v) is 5.55. The molecule has 2 aliphatic rings. The van der Waals surface area contributed by atoms with Gasteiger partial charge in [-0.1, -0.05) is 12.1 Å². The van der Waals surface area contributed by atoms with E-state index in [2.05, 4.69) is 44.5 Å². The molecular formula is C21H26N6O3. The number of cyclic esters (lactones) is 1. The van der Waals surface area contributed by atoms with E-state index in [9.17, 15) is 9.59 Å². The van der Waals surface area contributed by atoms with Crippen molar-refractivity contribution in [3.63, 3.8) is 0 Å². The molecule has 1 fully saturated rings. The second-order valence-electron chi connectivity index (χ2n) is 7.43. The van der Waals surface area contributed by atoms with Crippen LogP contribution in [-0.2, 0) is 16.1 Å². The molecule has 1 aromatic heterocycles. The third-order valence-electron chi connectivity index (χ3n) is 5.55. The number of ether oxygens (including phenoxy) is 1. The van der Waals surface area contributed by atoms with Crippen molar-refractivity contribution in [3.05, 3.63) is 41.6 Å². The van der Waals surface area contributed by atoms with E-state index in [1.807, 2.05) is 13.8 Å². The van der Waals surface area contributed by atoms with Gasteiger partial charge in [-0.3, -0.25) is 9.69 Å². The topological polar surface area (TPSA) is 90.9 Å². The van der Waals surface area contributed by atoms with E-state index in [1.54, 1.807) is 11.1 Å². The van der Waals surface area contributed by atoms with Gasteiger partial charge in [0, 0.05) is 44.6 Å². The highest BCUT2D eigenvalue weighted by Crippen LogP contribution is 2.27. The third kappa shape index (κ3) is 4.00. The molecule has 1 saturated heterocycles. The van der Waals surface area contributed by atoms with Gasteiger partial charge >= 0.3 is 6.09 Å². The molecule has 0 spiro atoms. The lowest BCUT2D eigenvalue weighted by atomic mass is 10.1. The number of fused-ring (bicyclic) bond motifs is 1. The van der Waals surface area contributed by atoms with Crippen molar-refractivity contribution in [2.24, 2.45) is 0 Å². The molecule has 1 atom stereocenters. The number of nitrogens with zero attached hydrogens (tertiary/aromatic N) is 5. The maximum Gasteiger partial charge on any atom is 0.415 e. The van der Waals surface area contributed by atoms with Crippen LogP contribution in [0, 0.1) is 0 Å². The number of aromatic nitrogens is 2. The first-order valence-corrected chi connectivity index (χ1v) is 10.2. The summed E-state index contributed by atoms with van der Waals surface area (Å²) in [5.41, 5.74) is 3.06. The summed E-state index contributed by atoms with van der Waals surface area (Å²) in [7, 11) is 0. The van der Waals surface area contributed by atoms with Crippen molar-refractivity contribution in [2.45, 2.75) is 26.5 Å². The first-order chi connectivity index (χ1) is 14.6. The molecule has 158 valence electrons. The molecule has 0 bridgehead atoms. The Labute approximate surface area is 175 Å². The van der Waals surface area contributed by atoms with Gasteiger partial charge in [0.2, 0.25) is 12.4 Å². The molecule has 1 unspecified atom stereocenters. The van der Waals surface area contributed by atoms with Crippen LogP contribution in [0.5, 0.6) is 0 Å². The first kappa shape index (κ1) is 19.9. The highest BCUT2D eigenvalue weighted by Gasteiger charge is 2.26. The number of amides is 2. The minimum atomic E-state index is -0.382. The van der Waals surface area contributed by atoms with Crippen molar-refractivity contribution in [3.8, 4) is 0 Å². The second kappa shape index (κ2) is 8.56. The maximum absolute atomic E-state index is 11.9. The normalized spacial score (nSPS) is 17.3. The minimum Gasteiger partial charge on any atom is -0.444 e. The number of anilines is 3. The maximum atomic E-state index is 11.9. The van der Waals surface area contributed by atoms with Gasteiger partial charge in [-0.05, 0) is 31.5 Å². The van der Waals surface area contributed by atoms with Crippen LogP contribution < -0.4 is 15.1 Å². The van der Waals surface area contributed by atoms with Gasteiger partial charge in [-0.15, -0.1) is 0 Å². The standard InChI is InChI=1S/C21H26N6O3/c1-3-27-19-17(13-30-21(27)29)12-22-20(24-19)23-15(2)16-4-6-18(7-5-16)26-10-8-25(14-28)9-11-26/h4-7,12,14-15H,3,8-11,13H2,1-2H3,(H,22,23,24). The van der Waals surface area contributed by atoms with Gasteiger partial charge in [-0.2, -0.15) is 4.98 Å². The van der Waals surface area contributed by atoms with Gasteiger partial charge in [0.1, 0.15) is 12.4 Å². The van der Waals surface area contributed by atoms with Gasteiger partial charge in [0.25, 0.3) is 0 Å². The predicted octanol–water partition coefficient (Wildman–Crippen LogP) is 2.40. The quantitative estimate of drug-likeness (QED) is 0.731. The zero-order valence-corrected chi connectivity index (χ0v) is 17.2. The monoisotopic (exact) mass is 410 g/mol. The molecule has 1 aromatic carbocycles. The van der Waals surface area contributed by atoms with E-state index in [1.165, 1.54) is 4.90 Å². The SMILES string of the molecule is CCN1C(=O)OCc2cnc(NC(C)c3ccc(N4CCN(C=O)CC4)cc3)nc21. The van der Waals surface area contributed by atoms with Crippen LogP contribution in [-0.4, -0.2) is 60.1 Å². The Kier molecular flexibility index (Phi) is 5.69. The highest BCUT2D eigenvalue weighted by molar-refractivity contribution is 5.89. The summed E-state index contributed by atoms with van der Waals surface area (Å²) >= 11 is 0. The molecule has 3 heterocycles. The van der Waals surface area contributed by atoms with E-state index in [0.29, 0.717) is 18.3 Å². The lowest BCUT2D eigenvalue weighted by Gasteiger charge is -2.34. The fourth-order valence-electron chi connectivity index (χ4n) is 3.72. The number of rotatable bonds is 6. The number of piperazine rings is 1. The summed E-state index contributed by atoms with van der Waals surface area (Å²) in [5.74, 6) is 1.08. The van der Waals surface area contributed by atoms with Gasteiger partial charge in [-0.25, -0.2) is 9.78 Å². The molecule has 2 aliphatic heterocycles. The Morgan fingerprint density at radius 1 is 1.20 bits per heavy atom. The zero-order valence-electron chi connectivity index (χ0n) is 17.2. The van der Waals surface area contributed by atoms with E-state index < -0.39 is 0 Å². The van der Waals surface area contributed by atoms with Crippen molar-refractivity contribution in [1.29, 1.82) is 0 Å². The van der Waals surface area contributed by atoms with E-state index in [4.69, 9.17) is 4.74 Å². The van der Waals surface area contributed by atoms with Gasteiger partial charge in [0.05, 0.1) is 11.6 Å². The van der Waals surface area contributed by atoms with Gasteiger partial charge in [0.15, 0.2) is 0 Å². The largest absolute Gasteiger partial charge is 0.444 e. The average Bonchev–Trinajstić information content (AvgIpc) is 2.79. The fourth-order valence-corrected chi connectivity index (χ4v) is 3.72. The summed E-state index contributed by atoms with van der Waals surface area (Å²) in [5, 5.41) is 3.32. The van der Waals surface area contributed by atoms with Crippen molar-refractivity contribution in [2.75, 3.05) is 47.8 Å². The van der Waals surface area contributed by atoms with Crippen molar-refractivity contribution in [1.82, 2.24) is 14.9 Å². The predicted molar refractivity (Wildman–Crippen MR) is 114 cm³/mol. The summed E-state index contributed by atoms with van der Waals surface area (Å²) in [4.78, 5) is 37.3. The Hall–Kier alpha value is -3.36. The molecular weight excluding hydrogens is 384 g/mol. The number of carbonyl (C=O) groups excluding carboxylic acids is 2. The second-order valence-corrected chi connectivity index (χ2v) is 7.43. The Bertz CT molecular complexity index is 911.